The molecule has 3 aromatic rings. The first-order valence-electron chi connectivity index (χ1n) is 10.9. The SMILES string of the molecule is Cn1cc(C(=O)N2CCN(S(=O)(=O)c3ccc4c(c3)CCCC4)CC2)c2ccccc21. The van der Waals surface area contributed by atoms with Gasteiger partial charge in [-0.2, -0.15) is 4.31 Å². The predicted octanol–water partition coefficient (Wildman–Crippen LogP) is 3.20. The largest absolute Gasteiger partial charge is 0.350 e. The molecule has 5 rings (SSSR count). The molecular weight excluding hydrogens is 410 g/mol. The van der Waals surface area contributed by atoms with Gasteiger partial charge in [0.15, 0.2) is 0 Å². The summed E-state index contributed by atoms with van der Waals surface area (Å²) in [6.45, 7) is 1.42. The second kappa shape index (κ2) is 7.80. The van der Waals surface area contributed by atoms with Gasteiger partial charge in [-0.15, -0.1) is 0 Å². The van der Waals surface area contributed by atoms with E-state index in [0.29, 0.717) is 36.6 Å². The molecule has 0 unspecified atom stereocenters. The molecule has 1 aromatic heterocycles. The number of nitrogens with zero attached hydrogens (tertiary/aromatic N) is 3. The molecule has 2 aromatic carbocycles. The van der Waals surface area contributed by atoms with Gasteiger partial charge in [0, 0.05) is 50.3 Å². The van der Waals surface area contributed by atoms with Gasteiger partial charge in [0.25, 0.3) is 5.91 Å². The molecule has 0 bridgehead atoms. The normalized spacial score (nSPS) is 17.6. The van der Waals surface area contributed by atoms with Gasteiger partial charge in [-0.25, -0.2) is 8.42 Å². The van der Waals surface area contributed by atoms with Gasteiger partial charge >= 0.3 is 0 Å². The maximum absolute atomic E-state index is 13.2. The number of aryl methyl sites for hydroxylation is 3. The van der Waals surface area contributed by atoms with Gasteiger partial charge in [0.1, 0.15) is 0 Å². The monoisotopic (exact) mass is 437 g/mol. The third-order valence-corrected chi connectivity index (χ3v) is 8.51. The summed E-state index contributed by atoms with van der Waals surface area (Å²) in [4.78, 5) is 15.3. The Kier molecular flexibility index (Phi) is 5.10. The molecule has 1 aliphatic heterocycles. The smallest absolute Gasteiger partial charge is 0.256 e. The van der Waals surface area contributed by atoms with E-state index in [1.54, 1.807) is 11.0 Å². The molecule has 0 N–H and O–H groups in total. The van der Waals surface area contributed by atoms with Crippen molar-refractivity contribution in [3.05, 3.63) is 65.4 Å². The molecule has 0 spiro atoms. The average Bonchev–Trinajstić information content (AvgIpc) is 3.15. The fraction of sp³-hybridized carbons (Fsp3) is 0.375. The minimum atomic E-state index is -3.55. The summed E-state index contributed by atoms with van der Waals surface area (Å²) >= 11 is 0. The molecule has 6 nitrogen and oxygen atoms in total. The van der Waals surface area contributed by atoms with Crippen molar-refractivity contribution in [2.75, 3.05) is 26.2 Å². The van der Waals surface area contributed by atoms with E-state index in [-0.39, 0.29) is 5.91 Å². The zero-order valence-electron chi connectivity index (χ0n) is 17.8. The van der Waals surface area contributed by atoms with Gasteiger partial charge in [-0.05, 0) is 55.0 Å². The van der Waals surface area contributed by atoms with E-state index in [0.717, 1.165) is 35.7 Å². The second-order valence-electron chi connectivity index (χ2n) is 8.50. The van der Waals surface area contributed by atoms with Crippen molar-refractivity contribution in [3.63, 3.8) is 0 Å². The summed E-state index contributed by atoms with van der Waals surface area (Å²) in [5.41, 5.74) is 4.12. The van der Waals surface area contributed by atoms with Crippen molar-refractivity contribution in [2.45, 2.75) is 30.6 Å². The van der Waals surface area contributed by atoms with Crippen LogP contribution >= 0.6 is 0 Å². The summed E-state index contributed by atoms with van der Waals surface area (Å²) in [6, 6.07) is 13.4. The fourth-order valence-corrected chi connectivity index (χ4v) is 6.31. The third kappa shape index (κ3) is 3.55. The Morgan fingerprint density at radius 2 is 1.61 bits per heavy atom. The summed E-state index contributed by atoms with van der Waals surface area (Å²) < 4.78 is 29.9. The van der Waals surface area contributed by atoms with Crippen LogP contribution in [0.4, 0.5) is 0 Å². The topological polar surface area (TPSA) is 62.6 Å². The van der Waals surface area contributed by atoms with Crippen LogP contribution in [-0.2, 0) is 29.9 Å². The lowest BCUT2D eigenvalue weighted by Crippen LogP contribution is -2.50. The van der Waals surface area contributed by atoms with Crippen LogP contribution in [0.15, 0.2) is 53.6 Å². The molecule has 0 radical (unpaired) electrons. The first-order valence-corrected chi connectivity index (χ1v) is 12.3. The van der Waals surface area contributed by atoms with Crippen molar-refractivity contribution < 1.29 is 13.2 Å². The quantitative estimate of drug-likeness (QED) is 0.632. The zero-order chi connectivity index (χ0) is 21.6. The van der Waals surface area contributed by atoms with Gasteiger partial charge in [-0.1, -0.05) is 24.3 Å². The van der Waals surface area contributed by atoms with Crippen LogP contribution in [0.2, 0.25) is 0 Å². The Hall–Kier alpha value is -2.64. The lowest BCUT2D eigenvalue weighted by molar-refractivity contribution is 0.0699. The second-order valence-corrected chi connectivity index (χ2v) is 10.4. The molecule has 1 amide bonds. The zero-order valence-corrected chi connectivity index (χ0v) is 18.6. The average molecular weight is 438 g/mol. The van der Waals surface area contributed by atoms with E-state index in [1.165, 1.54) is 16.3 Å². The van der Waals surface area contributed by atoms with Gasteiger partial charge < -0.3 is 9.47 Å². The van der Waals surface area contributed by atoms with Gasteiger partial charge in [0.05, 0.1) is 10.5 Å². The molecular formula is C24H27N3O3S. The number of hydrogen-bond acceptors (Lipinski definition) is 3. The van der Waals surface area contributed by atoms with Crippen LogP contribution in [-0.4, -0.2) is 54.3 Å². The number of aromatic nitrogens is 1. The fourth-order valence-electron chi connectivity index (χ4n) is 4.83. The van der Waals surface area contributed by atoms with Crippen LogP contribution in [0.5, 0.6) is 0 Å². The van der Waals surface area contributed by atoms with E-state index in [9.17, 15) is 13.2 Å². The summed E-state index contributed by atoms with van der Waals surface area (Å²) in [7, 11) is -1.62. The highest BCUT2D eigenvalue weighted by Gasteiger charge is 2.31. The molecule has 31 heavy (non-hydrogen) atoms. The molecule has 1 aliphatic carbocycles. The maximum atomic E-state index is 13.2. The Balaban J connectivity index is 1.32. The van der Waals surface area contributed by atoms with E-state index in [4.69, 9.17) is 0 Å². The molecule has 7 heteroatoms. The maximum Gasteiger partial charge on any atom is 0.256 e. The molecule has 2 heterocycles. The lowest BCUT2D eigenvalue weighted by Gasteiger charge is -2.34. The number of sulfonamides is 1. The number of amides is 1. The first-order chi connectivity index (χ1) is 14.9. The molecule has 0 atom stereocenters. The van der Waals surface area contributed by atoms with E-state index < -0.39 is 10.0 Å². The molecule has 1 saturated heterocycles. The molecule has 162 valence electrons. The predicted molar refractivity (Wildman–Crippen MR) is 121 cm³/mol. The van der Waals surface area contributed by atoms with Crippen molar-refractivity contribution in [3.8, 4) is 0 Å². The number of fused-ring (bicyclic) bond motifs is 2. The molecule has 0 saturated carbocycles. The highest BCUT2D eigenvalue weighted by molar-refractivity contribution is 7.89. The standard InChI is InChI=1S/C24H27N3O3S/c1-25-17-22(21-8-4-5-9-23(21)25)24(28)26-12-14-27(15-13-26)31(29,30)20-11-10-18-6-2-3-7-19(18)16-20/h4-5,8-11,16-17H,2-3,6-7,12-15H2,1H3. The minimum absolute atomic E-state index is 0.0392. The number of piperazine rings is 1. The van der Waals surface area contributed by atoms with Crippen molar-refractivity contribution in [1.82, 2.24) is 13.8 Å². The first kappa shape index (κ1) is 20.3. The van der Waals surface area contributed by atoms with Crippen LogP contribution in [0, 0.1) is 0 Å². The number of hydrogen-bond donors (Lipinski definition) is 0. The minimum Gasteiger partial charge on any atom is -0.350 e. The highest BCUT2D eigenvalue weighted by atomic mass is 32.2. The Bertz CT molecular complexity index is 1250. The highest BCUT2D eigenvalue weighted by Crippen LogP contribution is 2.27. The number of para-hydroxylation sites is 1. The van der Waals surface area contributed by atoms with Crippen LogP contribution < -0.4 is 0 Å². The van der Waals surface area contributed by atoms with Gasteiger partial charge in [-0.3, -0.25) is 4.79 Å². The van der Waals surface area contributed by atoms with E-state index in [2.05, 4.69) is 0 Å². The van der Waals surface area contributed by atoms with Crippen LogP contribution in [0.25, 0.3) is 10.9 Å². The Labute approximate surface area is 183 Å². The van der Waals surface area contributed by atoms with Crippen LogP contribution in [0.3, 0.4) is 0 Å². The Morgan fingerprint density at radius 1 is 0.903 bits per heavy atom. The summed E-state index contributed by atoms with van der Waals surface area (Å²) in [5.74, 6) is -0.0392. The van der Waals surface area contributed by atoms with Crippen molar-refractivity contribution in [2.24, 2.45) is 7.05 Å². The Morgan fingerprint density at radius 3 is 2.39 bits per heavy atom. The van der Waals surface area contributed by atoms with Crippen molar-refractivity contribution >= 4 is 26.8 Å². The number of carbonyl (C=O) groups is 1. The lowest BCUT2D eigenvalue weighted by atomic mass is 9.92. The number of rotatable bonds is 3. The van der Waals surface area contributed by atoms with Crippen molar-refractivity contribution in [1.29, 1.82) is 0 Å². The molecule has 2 aliphatic rings. The van der Waals surface area contributed by atoms with Gasteiger partial charge in [0.2, 0.25) is 10.0 Å². The number of benzene rings is 2. The summed E-state index contributed by atoms with van der Waals surface area (Å²) in [5, 5.41) is 0.930. The summed E-state index contributed by atoms with van der Waals surface area (Å²) in [6.07, 6.45) is 6.14. The van der Waals surface area contributed by atoms with E-state index in [1.807, 2.05) is 54.2 Å². The number of carbonyl (C=O) groups excluding carboxylic acids is 1. The molecule has 1 fully saturated rings. The third-order valence-electron chi connectivity index (χ3n) is 6.61. The van der Waals surface area contributed by atoms with E-state index >= 15 is 0 Å². The van der Waals surface area contributed by atoms with Crippen LogP contribution in [0.1, 0.15) is 34.3 Å².